The van der Waals surface area contributed by atoms with Crippen LogP contribution in [-0.4, -0.2) is 26.0 Å². The molecule has 3 nitrogen and oxygen atoms in total. The van der Waals surface area contributed by atoms with Gasteiger partial charge in [-0.25, -0.2) is 8.42 Å². The normalized spacial score (nSPS) is 19.7. The molecule has 0 heterocycles. The van der Waals surface area contributed by atoms with E-state index in [1.807, 2.05) is 13.8 Å². The Balaban J connectivity index is 2.50. The fourth-order valence-corrected chi connectivity index (χ4v) is 4.16. The maximum Gasteiger partial charge on any atom is 0.153 e. The van der Waals surface area contributed by atoms with E-state index in [0.29, 0.717) is 18.7 Å². The molecule has 90 valence electrons. The molecule has 0 radical (unpaired) electrons. The SMILES string of the molecule is CC(C)(CN)CCS(=O)(=O)C1CCCC1. The zero-order valence-electron chi connectivity index (χ0n) is 9.83. The Kier molecular flexibility index (Phi) is 4.18. The molecule has 0 spiro atoms. The molecular weight excluding hydrogens is 210 g/mol. The number of nitrogens with two attached hydrogens (primary N) is 1. The van der Waals surface area contributed by atoms with Crippen LogP contribution in [0.25, 0.3) is 0 Å². The highest BCUT2D eigenvalue weighted by Crippen LogP contribution is 2.27. The molecule has 0 aromatic carbocycles. The minimum Gasteiger partial charge on any atom is -0.330 e. The number of rotatable bonds is 5. The lowest BCUT2D eigenvalue weighted by Crippen LogP contribution is -2.29. The van der Waals surface area contributed by atoms with Crippen molar-refractivity contribution in [2.45, 2.75) is 51.2 Å². The van der Waals surface area contributed by atoms with Crippen LogP contribution in [-0.2, 0) is 9.84 Å². The number of hydrogen-bond donors (Lipinski definition) is 1. The van der Waals surface area contributed by atoms with Crippen molar-refractivity contribution in [2.75, 3.05) is 12.3 Å². The summed E-state index contributed by atoms with van der Waals surface area (Å²) in [6.45, 7) is 4.60. The van der Waals surface area contributed by atoms with Gasteiger partial charge in [0.15, 0.2) is 9.84 Å². The number of sulfone groups is 1. The van der Waals surface area contributed by atoms with Gasteiger partial charge in [0.05, 0.1) is 11.0 Å². The minimum atomic E-state index is -2.86. The molecule has 0 amide bonds. The third-order valence-corrected chi connectivity index (χ3v) is 5.69. The summed E-state index contributed by atoms with van der Waals surface area (Å²) in [5.74, 6) is 0.307. The zero-order chi connectivity index (χ0) is 11.5. The zero-order valence-corrected chi connectivity index (χ0v) is 10.6. The van der Waals surface area contributed by atoms with Crippen LogP contribution < -0.4 is 5.73 Å². The van der Waals surface area contributed by atoms with Crippen molar-refractivity contribution in [3.63, 3.8) is 0 Å². The molecule has 0 bridgehead atoms. The Morgan fingerprint density at radius 3 is 2.27 bits per heavy atom. The van der Waals surface area contributed by atoms with E-state index >= 15 is 0 Å². The molecule has 0 saturated heterocycles. The van der Waals surface area contributed by atoms with Gasteiger partial charge in [-0.05, 0) is 31.2 Å². The summed E-state index contributed by atoms with van der Waals surface area (Å²) in [6.07, 6.45) is 4.56. The van der Waals surface area contributed by atoms with Crippen LogP contribution in [0, 0.1) is 5.41 Å². The van der Waals surface area contributed by atoms with Crippen molar-refractivity contribution in [3.8, 4) is 0 Å². The standard InChI is InChI=1S/C11H23NO2S/c1-11(2,9-12)7-8-15(13,14)10-5-3-4-6-10/h10H,3-9,12H2,1-2H3. The Hall–Kier alpha value is -0.0900. The van der Waals surface area contributed by atoms with E-state index in [1.54, 1.807) is 0 Å². The summed E-state index contributed by atoms with van der Waals surface area (Å²) in [4.78, 5) is 0. The Labute approximate surface area is 93.3 Å². The second kappa shape index (κ2) is 4.83. The molecule has 1 fully saturated rings. The van der Waals surface area contributed by atoms with E-state index in [9.17, 15) is 8.42 Å². The third kappa shape index (κ3) is 3.76. The topological polar surface area (TPSA) is 60.2 Å². The van der Waals surface area contributed by atoms with Crippen LogP contribution in [0.2, 0.25) is 0 Å². The Morgan fingerprint density at radius 1 is 1.27 bits per heavy atom. The Morgan fingerprint density at radius 2 is 1.80 bits per heavy atom. The highest BCUT2D eigenvalue weighted by molar-refractivity contribution is 7.92. The van der Waals surface area contributed by atoms with Gasteiger partial charge in [0.25, 0.3) is 0 Å². The van der Waals surface area contributed by atoms with Crippen molar-refractivity contribution in [1.82, 2.24) is 0 Å². The minimum absolute atomic E-state index is 0.0499. The molecule has 1 aliphatic rings. The molecule has 15 heavy (non-hydrogen) atoms. The summed E-state index contributed by atoms with van der Waals surface area (Å²) in [5.41, 5.74) is 5.54. The molecule has 0 aromatic heterocycles. The lowest BCUT2D eigenvalue weighted by Gasteiger charge is -2.23. The molecule has 4 heteroatoms. The predicted molar refractivity (Wildman–Crippen MR) is 63.5 cm³/mol. The van der Waals surface area contributed by atoms with Gasteiger partial charge in [-0.2, -0.15) is 0 Å². The fourth-order valence-electron chi connectivity index (χ4n) is 1.93. The van der Waals surface area contributed by atoms with Crippen LogP contribution in [0.4, 0.5) is 0 Å². The highest BCUT2D eigenvalue weighted by Gasteiger charge is 2.30. The molecule has 0 aliphatic heterocycles. The van der Waals surface area contributed by atoms with E-state index in [-0.39, 0.29) is 10.7 Å². The van der Waals surface area contributed by atoms with Gasteiger partial charge in [-0.15, -0.1) is 0 Å². The summed E-state index contributed by atoms with van der Waals surface area (Å²) >= 11 is 0. The van der Waals surface area contributed by atoms with Crippen LogP contribution in [0.1, 0.15) is 46.0 Å². The molecule has 0 unspecified atom stereocenters. The smallest absolute Gasteiger partial charge is 0.153 e. The lowest BCUT2D eigenvalue weighted by molar-refractivity contribution is 0.364. The van der Waals surface area contributed by atoms with E-state index in [0.717, 1.165) is 25.7 Å². The first-order chi connectivity index (χ1) is 6.87. The molecule has 0 aromatic rings. The largest absolute Gasteiger partial charge is 0.330 e. The second-order valence-corrected chi connectivity index (χ2v) is 7.79. The van der Waals surface area contributed by atoms with E-state index in [2.05, 4.69) is 0 Å². The van der Waals surface area contributed by atoms with Gasteiger partial charge in [0, 0.05) is 0 Å². The van der Waals surface area contributed by atoms with Gasteiger partial charge < -0.3 is 5.73 Å². The summed E-state index contributed by atoms with van der Waals surface area (Å²) in [5, 5.41) is -0.0638. The fraction of sp³-hybridized carbons (Fsp3) is 1.00. The van der Waals surface area contributed by atoms with Crippen molar-refractivity contribution in [2.24, 2.45) is 11.1 Å². The third-order valence-electron chi connectivity index (χ3n) is 3.43. The van der Waals surface area contributed by atoms with Crippen molar-refractivity contribution < 1.29 is 8.42 Å². The average Bonchev–Trinajstić information content (AvgIpc) is 2.69. The first kappa shape index (κ1) is 13.0. The van der Waals surface area contributed by atoms with Crippen LogP contribution in [0.5, 0.6) is 0 Å². The summed E-state index contributed by atoms with van der Waals surface area (Å²) in [6, 6.07) is 0. The maximum absolute atomic E-state index is 12.0. The van der Waals surface area contributed by atoms with Crippen LogP contribution in [0.3, 0.4) is 0 Å². The van der Waals surface area contributed by atoms with Gasteiger partial charge in [-0.1, -0.05) is 26.7 Å². The maximum atomic E-state index is 12.0. The van der Waals surface area contributed by atoms with E-state index in [4.69, 9.17) is 5.73 Å². The highest BCUT2D eigenvalue weighted by atomic mass is 32.2. The van der Waals surface area contributed by atoms with Crippen LogP contribution >= 0.6 is 0 Å². The predicted octanol–water partition coefficient (Wildman–Crippen LogP) is 1.72. The molecule has 0 atom stereocenters. The van der Waals surface area contributed by atoms with Gasteiger partial charge in [0.1, 0.15) is 0 Å². The molecule has 2 N–H and O–H groups in total. The first-order valence-corrected chi connectivity index (χ1v) is 7.50. The monoisotopic (exact) mass is 233 g/mol. The molecule has 1 saturated carbocycles. The van der Waals surface area contributed by atoms with E-state index in [1.165, 1.54) is 0 Å². The average molecular weight is 233 g/mol. The van der Waals surface area contributed by atoms with Crippen molar-refractivity contribution in [1.29, 1.82) is 0 Å². The molecule has 1 rings (SSSR count). The summed E-state index contributed by atoms with van der Waals surface area (Å²) in [7, 11) is -2.86. The molecule has 1 aliphatic carbocycles. The lowest BCUT2D eigenvalue weighted by atomic mass is 9.91. The van der Waals surface area contributed by atoms with E-state index < -0.39 is 9.84 Å². The summed E-state index contributed by atoms with van der Waals surface area (Å²) < 4.78 is 23.9. The Bertz CT molecular complexity index is 290. The van der Waals surface area contributed by atoms with Crippen molar-refractivity contribution >= 4 is 9.84 Å². The van der Waals surface area contributed by atoms with Crippen LogP contribution in [0.15, 0.2) is 0 Å². The quantitative estimate of drug-likeness (QED) is 0.786. The van der Waals surface area contributed by atoms with Gasteiger partial charge in [-0.3, -0.25) is 0 Å². The van der Waals surface area contributed by atoms with Crippen molar-refractivity contribution in [3.05, 3.63) is 0 Å². The first-order valence-electron chi connectivity index (χ1n) is 5.79. The molecular formula is C11H23NO2S. The second-order valence-electron chi connectivity index (χ2n) is 5.39. The van der Waals surface area contributed by atoms with Gasteiger partial charge >= 0.3 is 0 Å². The number of hydrogen-bond acceptors (Lipinski definition) is 3. The van der Waals surface area contributed by atoms with Gasteiger partial charge in [0.2, 0.25) is 0 Å².